The first-order valence-electron chi connectivity index (χ1n) is 16.7. The van der Waals surface area contributed by atoms with Crippen LogP contribution in [0.3, 0.4) is 0 Å². The Kier molecular flexibility index (Phi) is 12.8. The number of hydrazone groups is 1. The van der Waals surface area contributed by atoms with Gasteiger partial charge in [0.15, 0.2) is 12.3 Å². The van der Waals surface area contributed by atoms with Crippen molar-refractivity contribution in [2.45, 2.75) is 38.5 Å². The molecule has 0 spiro atoms. The number of rotatable bonds is 16. The lowest BCUT2D eigenvalue weighted by Gasteiger charge is -2.30. The van der Waals surface area contributed by atoms with Gasteiger partial charge in [-0.15, -0.1) is 13.2 Å². The van der Waals surface area contributed by atoms with Crippen LogP contribution in [0.25, 0.3) is 17.3 Å². The summed E-state index contributed by atoms with van der Waals surface area (Å²) in [5.74, 6) is -0.524. The van der Waals surface area contributed by atoms with Crippen LogP contribution < -0.4 is 20.8 Å². The number of azo groups is 2. The number of carbonyl (C=O) groups excluding carboxylic acids is 1. The maximum atomic E-state index is 13.6. The van der Waals surface area contributed by atoms with E-state index in [0.717, 1.165) is 83.0 Å². The molecule has 1 aliphatic rings. The van der Waals surface area contributed by atoms with E-state index in [4.69, 9.17) is 10.2 Å². The van der Waals surface area contributed by atoms with Crippen LogP contribution >= 0.6 is 31.9 Å². The number of benzene rings is 2. The first kappa shape index (κ1) is 36.7. The van der Waals surface area contributed by atoms with Crippen LogP contribution in [0.1, 0.15) is 49.9 Å². The molecule has 0 bridgehead atoms. The van der Waals surface area contributed by atoms with Crippen LogP contribution in [-0.2, 0) is 18.9 Å². The first-order chi connectivity index (χ1) is 24.2. The molecule has 4 aromatic rings. The predicted octanol–water partition coefficient (Wildman–Crippen LogP) is 7.48. The third kappa shape index (κ3) is 8.60. The van der Waals surface area contributed by atoms with Gasteiger partial charge in [0.05, 0.1) is 34.0 Å². The predicted molar refractivity (Wildman–Crippen MR) is 208 cm³/mol. The molecule has 0 atom stereocenters. The number of ketones is 1. The summed E-state index contributed by atoms with van der Waals surface area (Å²) in [6, 6.07) is 23.5. The zero-order valence-electron chi connectivity index (χ0n) is 28.6. The highest BCUT2D eigenvalue weighted by atomic mass is 79.9. The van der Waals surface area contributed by atoms with Crippen LogP contribution in [0.4, 0.5) is 11.4 Å². The summed E-state index contributed by atoms with van der Waals surface area (Å²) >= 11 is 7.01. The molecule has 0 radical (unpaired) electrons. The number of hydrogen-bond donors (Lipinski definition) is 0. The summed E-state index contributed by atoms with van der Waals surface area (Å²) in [6.45, 7) is 9.14. The molecule has 0 N–H and O–H groups in total. The minimum absolute atomic E-state index is 0.189. The van der Waals surface area contributed by atoms with Crippen molar-refractivity contribution in [2.24, 2.45) is 24.3 Å². The molecule has 0 saturated carbocycles. The number of unbranched alkanes of at least 4 members (excludes halogenated alkanes) is 4. The van der Waals surface area contributed by atoms with Crippen LogP contribution in [0, 0.1) is 0 Å². The number of carbonyl (C=O) groups is 1. The first-order valence-corrected chi connectivity index (χ1v) is 18.3. The van der Waals surface area contributed by atoms with E-state index in [9.17, 15) is 9.90 Å². The van der Waals surface area contributed by atoms with Gasteiger partial charge in [-0.3, -0.25) is 9.80 Å². The largest absolute Gasteiger partial charge is 0.871 e. The van der Waals surface area contributed by atoms with E-state index in [1.807, 2.05) is 118 Å². The third-order valence-corrected chi connectivity index (χ3v) is 9.76. The second kappa shape index (κ2) is 17.4. The van der Waals surface area contributed by atoms with Crippen LogP contribution in [0.2, 0.25) is 0 Å². The maximum absolute atomic E-state index is 13.6. The van der Waals surface area contributed by atoms with E-state index in [1.165, 1.54) is 0 Å². The lowest BCUT2D eigenvalue weighted by Crippen LogP contribution is -2.37. The summed E-state index contributed by atoms with van der Waals surface area (Å²) in [4.78, 5) is 13.6. The Balaban J connectivity index is 1.41. The minimum Gasteiger partial charge on any atom is -0.871 e. The van der Waals surface area contributed by atoms with Gasteiger partial charge >= 0.3 is 0 Å². The van der Waals surface area contributed by atoms with Gasteiger partial charge in [-0.1, -0.05) is 54.5 Å². The fraction of sp³-hybridized carbons (Fsp3) is 0.250. The number of aromatic nitrogens is 2. The van der Waals surface area contributed by atoms with Gasteiger partial charge in [-0.2, -0.15) is 5.10 Å². The molecular weight excluding hydrogens is 756 g/mol. The van der Waals surface area contributed by atoms with E-state index in [-0.39, 0.29) is 22.7 Å². The lowest BCUT2D eigenvalue weighted by atomic mass is 9.85. The monoisotopic (exact) mass is 796 g/mol. The van der Waals surface area contributed by atoms with Crippen molar-refractivity contribution < 1.29 is 14.6 Å². The Hall–Kier alpha value is -4.54. The topological polar surface area (TPSA) is 81.0 Å². The third-order valence-electron chi connectivity index (χ3n) is 8.71. The number of anilines is 1. The Morgan fingerprint density at radius 2 is 1.48 bits per heavy atom. The quantitative estimate of drug-likeness (QED) is 0.0295. The number of nitrogens with zero attached hydrogens (tertiary/aromatic N) is 6. The molecule has 2 aromatic carbocycles. The molecule has 2 aromatic heterocycles. The van der Waals surface area contributed by atoms with Crippen molar-refractivity contribution in [1.82, 2.24) is 9.13 Å². The SMILES string of the molecule is C=CCCCCN(/N=C/c1ccc(C2=C([O-])/C(=c3/cc/c(=C\N=[N+](CCCCC=C)c4ccc(Br)cc4)n3C)C2=O)n1C)c1ccc(Br)cc1. The highest BCUT2D eigenvalue weighted by molar-refractivity contribution is 9.10. The second-order valence-corrected chi connectivity index (χ2v) is 13.9. The van der Waals surface area contributed by atoms with Gasteiger partial charge in [0.1, 0.15) is 6.20 Å². The standard InChI is InChI=1S/C40H42Br2N6O2/c1-5-7-9-11-25-47(31-17-13-29(41)14-18-31)43-27-33-21-23-35(45(33)3)37-39(49)38(40(37)50)36-24-22-34(46(36)4)28-44-48(26-12-10-8-6-2)32-19-15-30(42)16-20-32/h5-6,13-24,27-28H,1-2,7-12,25-26H2,3-4H3. The zero-order chi connectivity index (χ0) is 35.6. The van der Waals surface area contributed by atoms with Crippen molar-refractivity contribution >= 4 is 72.6 Å². The van der Waals surface area contributed by atoms with Gasteiger partial charge in [0.2, 0.25) is 5.69 Å². The Bertz CT molecular complexity index is 2070. The molecule has 0 aliphatic heterocycles. The molecule has 258 valence electrons. The summed E-state index contributed by atoms with van der Waals surface area (Å²) < 4.78 is 7.66. The van der Waals surface area contributed by atoms with Gasteiger partial charge in [0, 0.05) is 59.3 Å². The Morgan fingerprint density at radius 3 is 2.14 bits per heavy atom. The van der Waals surface area contributed by atoms with E-state index in [0.29, 0.717) is 11.0 Å². The van der Waals surface area contributed by atoms with Crippen LogP contribution in [0.5, 0.6) is 0 Å². The molecule has 0 saturated heterocycles. The molecule has 5 rings (SSSR count). The molecular formula is C40H42Br2N6O2. The second-order valence-electron chi connectivity index (χ2n) is 12.1. The Morgan fingerprint density at radius 1 is 0.820 bits per heavy atom. The van der Waals surface area contributed by atoms with Gasteiger partial charge < -0.3 is 14.2 Å². The molecule has 8 nitrogen and oxygen atoms in total. The summed E-state index contributed by atoms with van der Waals surface area (Å²) in [6.07, 6.45) is 13.3. The average molecular weight is 799 g/mol. The minimum atomic E-state index is -0.262. The van der Waals surface area contributed by atoms with Crippen molar-refractivity contribution in [3.8, 4) is 0 Å². The smallest absolute Gasteiger partial charge is 0.232 e. The van der Waals surface area contributed by atoms with Gasteiger partial charge in [0.25, 0.3) is 0 Å². The van der Waals surface area contributed by atoms with Crippen LogP contribution in [-0.4, -0.2) is 38.9 Å². The molecule has 1 aliphatic carbocycles. The summed E-state index contributed by atoms with van der Waals surface area (Å²) in [7, 11) is 3.70. The molecule has 0 fully saturated rings. The van der Waals surface area contributed by atoms with E-state index >= 15 is 0 Å². The van der Waals surface area contributed by atoms with E-state index in [1.54, 1.807) is 12.4 Å². The highest BCUT2D eigenvalue weighted by Gasteiger charge is 2.31. The van der Waals surface area contributed by atoms with E-state index in [2.05, 4.69) is 45.0 Å². The van der Waals surface area contributed by atoms with Crippen molar-refractivity contribution in [2.75, 3.05) is 18.1 Å². The normalized spacial score (nSPS) is 14.8. The molecule has 0 unspecified atom stereocenters. The Labute approximate surface area is 310 Å². The molecule has 0 amide bonds. The van der Waals surface area contributed by atoms with Crippen molar-refractivity contribution in [3.63, 3.8) is 0 Å². The summed E-state index contributed by atoms with van der Waals surface area (Å²) in [5, 5.41) is 26.5. The number of halogens is 2. The van der Waals surface area contributed by atoms with Gasteiger partial charge in [-0.05, 0) is 97.9 Å². The van der Waals surface area contributed by atoms with Gasteiger partial charge in [-0.25, -0.2) is 0 Å². The lowest BCUT2D eigenvalue weighted by molar-refractivity contribution is -0.507. The molecule has 10 heteroatoms. The average Bonchev–Trinajstić information content (AvgIpc) is 3.65. The maximum Gasteiger partial charge on any atom is 0.232 e. The highest BCUT2D eigenvalue weighted by Crippen LogP contribution is 2.35. The fourth-order valence-electron chi connectivity index (χ4n) is 5.77. The number of Topliss-reactive ketones (excluding diaryl/α,β-unsaturated/α-hetero) is 1. The van der Waals surface area contributed by atoms with Crippen LogP contribution in [0.15, 0.2) is 123 Å². The van der Waals surface area contributed by atoms with E-state index < -0.39 is 0 Å². The molecule has 2 heterocycles. The van der Waals surface area contributed by atoms with Crippen molar-refractivity contribution in [1.29, 1.82) is 0 Å². The van der Waals surface area contributed by atoms with Crippen molar-refractivity contribution in [3.05, 3.63) is 135 Å². The molecule has 50 heavy (non-hydrogen) atoms. The number of hydrogen-bond acceptors (Lipinski definition) is 5. The summed E-state index contributed by atoms with van der Waals surface area (Å²) in [5.41, 5.74) is 3.69. The fourth-order valence-corrected chi connectivity index (χ4v) is 6.29. The number of allylic oxidation sites excluding steroid dienone is 4. The zero-order valence-corrected chi connectivity index (χ0v) is 31.7.